The highest BCUT2D eigenvalue weighted by Gasteiger charge is 2.10. The summed E-state index contributed by atoms with van der Waals surface area (Å²) in [4.78, 5) is 14.2. The summed E-state index contributed by atoms with van der Waals surface area (Å²) in [7, 11) is 0. The third-order valence-corrected chi connectivity index (χ3v) is 3.01. The number of pyridine rings is 1. The lowest BCUT2D eigenvalue weighted by Gasteiger charge is -2.09. The molecule has 0 unspecified atom stereocenters. The first-order valence-electron chi connectivity index (χ1n) is 6.28. The Morgan fingerprint density at radius 2 is 1.90 bits per heavy atom. The molecule has 0 atom stereocenters. The van der Waals surface area contributed by atoms with Gasteiger partial charge in [-0.1, -0.05) is 12.1 Å². The lowest BCUT2D eigenvalue weighted by molar-refractivity contribution is -0.384. The summed E-state index contributed by atoms with van der Waals surface area (Å²) < 4.78 is 13.5. The van der Waals surface area contributed by atoms with E-state index >= 15 is 0 Å². The highest BCUT2D eigenvalue weighted by molar-refractivity contribution is 5.53. The first-order chi connectivity index (χ1) is 9.86. The van der Waals surface area contributed by atoms with Gasteiger partial charge in [-0.25, -0.2) is 9.37 Å². The van der Waals surface area contributed by atoms with Gasteiger partial charge in [0.1, 0.15) is 17.5 Å². The SMILES string of the molecule is Cc1cc(CNc2cc([N+](=O)[O-])cc(N)n2)cc(C)c1F. The van der Waals surface area contributed by atoms with Crippen molar-refractivity contribution in [3.63, 3.8) is 0 Å². The van der Waals surface area contributed by atoms with Gasteiger partial charge in [0, 0.05) is 6.54 Å². The van der Waals surface area contributed by atoms with Crippen LogP contribution in [0.3, 0.4) is 0 Å². The number of rotatable bonds is 4. The second-order valence-corrected chi connectivity index (χ2v) is 4.79. The van der Waals surface area contributed by atoms with E-state index in [0.29, 0.717) is 23.5 Å². The van der Waals surface area contributed by atoms with Crippen LogP contribution in [0.2, 0.25) is 0 Å². The lowest BCUT2D eigenvalue weighted by Crippen LogP contribution is -2.05. The van der Waals surface area contributed by atoms with Gasteiger partial charge in [-0.05, 0) is 30.5 Å². The predicted octanol–water partition coefficient (Wildman–Crippen LogP) is 2.94. The Morgan fingerprint density at radius 3 is 2.48 bits per heavy atom. The van der Waals surface area contributed by atoms with Gasteiger partial charge in [0.25, 0.3) is 5.69 Å². The maximum absolute atomic E-state index is 13.5. The van der Waals surface area contributed by atoms with Crippen molar-refractivity contribution in [2.24, 2.45) is 0 Å². The molecule has 0 aliphatic heterocycles. The zero-order chi connectivity index (χ0) is 15.6. The molecule has 0 spiro atoms. The number of hydrogen-bond donors (Lipinski definition) is 2. The molecule has 0 saturated carbocycles. The topological polar surface area (TPSA) is 94.1 Å². The van der Waals surface area contributed by atoms with Crippen molar-refractivity contribution in [1.82, 2.24) is 4.98 Å². The molecule has 0 aliphatic carbocycles. The van der Waals surface area contributed by atoms with Crippen LogP contribution in [0.25, 0.3) is 0 Å². The maximum atomic E-state index is 13.5. The van der Waals surface area contributed by atoms with Crippen LogP contribution >= 0.6 is 0 Å². The summed E-state index contributed by atoms with van der Waals surface area (Å²) in [5.74, 6) is 0.149. The van der Waals surface area contributed by atoms with Gasteiger partial charge in [-0.2, -0.15) is 0 Å². The highest BCUT2D eigenvalue weighted by Crippen LogP contribution is 2.20. The quantitative estimate of drug-likeness (QED) is 0.667. The van der Waals surface area contributed by atoms with Gasteiger partial charge >= 0.3 is 0 Å². The second kappa shape index (κ2) is 5.74. The maximum Gasteiger partial charge on any atom is 0.276 e. The second-order valence-electron chi connectivity index (χ2n) is 4.79. The molecule has 110 valence electrons. The number of hydrogen-bond acceptors (Lipinski definition) is 5. The first kappa shape index (κ1) is 14.7. The average Bonchev–Trinajstić information content (AvgIpc) is 2.41. The van der Waals surface area contributed by atoms with Gasteiger partial charge in [-0.15, -0.1) is 0 Å². The minimum Gasteiger partial charge on any atom is -0.383 e. The number of nitrogen functional groups attached to an aromatic ring is 1. The van der Waals surface area contributed by atoms with E-state index in [-0.39, 0.29) is 17.3 Å². The Kier molecular flexibility index (Phi) is 4.02. The largest absolute Gasteiger partial charge is 0.383 e. The van der Waals surface area contributed by atoms with Crippen molar-refractivity contribution in [3.8, 4) is 0 Å². The number of nitrogens with one attached hydrogen (secondary N) is 1. The molecule has 0 radical (unpaired) electrons. The number of nitrogens with zero attached hydrogens (tertiary/aromatic N) is 2. The molecule has 1 aromatic heterocycles. The third kappa shape index (κ3) is 3.44. The average molecular weight is 290 g/mol. The smallest absolute Gasteiger partial charge is 0.276 e. The fourth-order valence-corrected chi connectivity index (χ4v) is 2.06. The van der Waals surface area contributed by atoms with Gasteiger partial charge in [0.05, 0.1) is 17.1 Å². The Bertz CT molecular complexity index is 680. The van der Waals surface area contributed by atoms with Crippen molar-refractivity contribution in [1.29, 1.82) is 0 Å². The zero-order valence-corrected chi connectivity index (χ0v) is 11.7. The van der Waals surface area contributed by atoms with Crippen molar-refractivity contribution < 1.29 is 9.31 Å². The Morgan fingerprint density at radius 1 is 1.29 bits per heavy atom. The van der Waals surface area contributed by atoms with Crippen LogP contribution in [0.5, 0.6) is 0 Å². The van der Waals surface area contributed by atoms with Crippen LogP contribution in [0.15, 0.2) is 24.3 Å². The molecule has 1 aromatic carbocycles. The van der Waals surface area contributed by atoms with E-state index in [1.807, 2.05) is 0 Å². The monoisotopic (exact) mass is 290 g/mol. The number of nitro groups is 1. The van der Waals surface area contributed by atoms with Gasteiger partial charge in [0.15, 0.2) is 0 Å². The zero-order valence-electron chi connectivity index (χ0n) is 11.7. The predicted molar refractivity (Wildman–Crippen MR) is 78.5 cm³/mol. The standard InChI is InChI=1S/C14H15FN4O2/c1-8-3-10(4-9(2)14(8)15)7-17-13-6-11(19(20)21)5-12(16)18-13/h3-6H,7H2,1-2H3,(H3,16,17,18). The number of benzene rings is 1. The molecule has 1 heterocycles. The van der Waals surface area contributed by atoms with Crippen LogP contribution in [0.1, 0.15) is 16.7 Å². The van der Waals surface area contributed by atoms with E-state index in [4.69, 9.17) is 5.73 Å². The Balaban J connectivity index is 2.18. The molecule has 0 saturated heterocycles. The molecule has 7 heteroatoms. The number of aryl methyl sites for hydroxylation is 2. The summed E-state index contributed by atoms with van der Waals surface area (Å²) in [6, 6.07) is 5.93. The molecule has 0 amide bonds. The van der Waals surface area contributed by atoms with Crippen LogP contribution in [0.4, 0.5) is 21.7 Å². The molecule has 3 N–H and O–H groups in total. The minimum absolute atomic E-state index is 0.0677. The fourth-order valence-electron chi connectivity index (χ4n) is 2.06. The molecular formula is C14H15FN4O2. The van der Waals surface area contributed by atoms with Crippen LogP contribution in [-0.2, 0) is 6.54 Å². The van der Waals surface area contributed by atoms with E-state index in [9.17, 15) is 14.5 Å². The molecule has 0 bridgehead atoms. The van der Waals surface area contributed by atoms with Crippen LogP contribution < -0.4 is 11.1 Å². The summed E-state index contributed by atoms with van der Waals surface area (Å²) in [6.07, 6.45) is 0. The van der Waals surface area contributed by atoms with E-state index in [1.54, 1.807) is 26.0 Å². The van der Waals surface area contributed by atoms with Crippen molar-refractivity contribution in [2.45, 2.75) is 20.4 Å². The molecule has 0 aliphatic rings. The molecular weight excluding hydrogens is 275 g/mol. The van der Waals surface area contributed by atoms with Crippen molar-refractivity contribution >= 4 is 17.3 Å². The summed E-state index contributed by atoms with van der Waals surface area (Å²) in [5.41, 5.74) is 7.37. The van der Waals surface area contributed by atoms with Crippen LogP contribution in [-0.4, -0.2) is 9.91 Å². The number of halogens is 1. The molecule has 6 nitrogen and oxygen atoms in total. The number of aromatic nitrogens is 1. The fraction of sp³-hybridized carbons (Fsp3) is 0.214. The van der Waals surface area contributed by atoms with Gasteiger partial charge < -0.3 is 11.1 Å². The summed E-state index contributed by atoms with van der Waals surface area (Å²) in [5, 5.41) is 13.7. The number of nitrogens with two attached hydrogens (primary N) is 1. The number of anilines is 2. The summed E-state index contributed by atoms with van der Waals surface area (Å²) >= 11 is 0. The Labute approximate surface area is 121 Å². The van der Waals surface area contributed by atoms with Crippen molar-refractivity contribution in [2.75, 3.05) is 11.1 Å². The molecule has 0 fully saturated rings. The minimum atomic E-state index is -0.532. The van der Waals surface area contributed by atoms with E-state index in [2.05, 4.69) is 10.3 Å². The highest BCUT2D eigenvalue weighted by atomic mass is 19.1. The van der Waals surface area contributed by atoms with Gasteiger partial charge in [0.2, 0.25) is 0 Å². The van der Waals surface area contributed by atoms with Crippen molar-refractivity contribution in [3.05, 3.63) is 56.9 Å². The van der Waals surface area contributed by atoms with E-state index in [0.717, 1.165) is 5.56 Å². The Hall–Kier alpha value is -2.70. The first-order valence-corrected chi connectivity index (χ1v) is 6.28. The summed E-state index contributed by atoms with van der Waals surface area (Å²) in [6.45, 7) is 3.75. The normalized spacial score (nSPS) is 10.4. The van der Waals surface area contributed by atoms with E-state index in [1.165, 1.54) is 12.1 Å². The molecule has 2 aromatic rings. The van der Waals surface area contributed by atoms with Gasteiger partial charge in [-0.3, -0.25) is 10.1 Å². The lowest BCUT2D eigenvalue weighted by atomic mass is 10.1. The van der Waals surface area contributed by atoms with E-state index < -0.39 is 4.92 Å². The molecule has 2 rings (SSSR count). The van der Waals surface area contributed by atoms with Crippen LogP contribution in [0, 0.1) is 29.8 Å². The molecule has 21 heavy (non-hydrogen) atoms. The third-order valence-electron chi connectivity index (χ3n) is 3.01.